The number of hydrogen-bond donors (Lipinski definition) is 1. The van der Waals surface area contributed by atoms with Crippen molar-refractivity contribution < 1.29 is 12.3 Å². The van der Waals surface area contributed by atoms with Gasteiger partial charge in [-0.3, -0.25) is 0 Å². The average molecular weight is 631 g/mol. The fourth-order valence-electron chi connectivity index (χ4n) is 4.06. The van der Waals surface area contributed by atoms with Crippen LogP contribution in [0.1, 0.15) is 5.56 Å². The molecular weight excluding hydrogens is 606 g/mol. The van der Waals surface area contributed by atoms with Crippen LogP contribution in [0.5, 0.6) is 0 Å². The van der Waals surface area contributed by atoms with Gasteiger partial charge in [-0.15, -0.1) is 0 Å². The topological polar surface area (TPSA) is 55.4 Å². The van der Waals surface area contributed by atoms with Gasteiger partial charge in [0, 0.05) is 0 Å². The van der Waals surface area contributed by atoms with Gasteiger partial charge in [-0.1, -0.05) is 0 Å². The van der Waals surface area contributed by atoms with Gasteiger partial charge >= 0.3 is 200 Å². The molecule has 0 saturated carbocycles. The Morgan fingerprint density at radius 2 is 1.09 bits per heavy atom. The van der Waals surface area contributed by atoms with Crippen molar-refractivity contribution in [2.45, 2.75) is 12.5 Å². The van der Waals surface area contributed by atoms with Crippen LogP contribution in [0, 0.1) is 0 Å². The predicted octanol–water partition coefficient (Wildman–Crippen LogP) is 2.55. The molecule has 164 valence electrons. The zero-order valence-corrected chi connectivity index (χ0v) is 22.0. The summed E-state index contributed by atoms with van der Waals surface area (Å²) in [5, 5.41) is 2.69. The van der Waals surface area contributed by atoms with E-state index in [1.165, 1.54) is 0 Å². The molecule has 0 aliphatic rings. The molecule has 4 aromatic rings. The first kappa shape index (κ1) is 22.9. The van der Waals surface area contributed by atoms with Crippen LogP contribution in [0.25, 0.3) is 0 Å². The number of hydrogen-bond acceptors (Lipinski definition) is 3. The third-order valence-electron chi connectivity index (χ3n) is 5.63. The molecule has 0 saturated heterocycles. The fraction of sp³-hybridized carbons (Fsp3) is 0.0714. The van der Waals surface area contributed by atoms with E-state index in [1.807, 2.05) is 121 Å². The SMILES string of the molecule is O=CNC(Cc1ccccc1)C(=O)[O][Pb]([c]1ccccc1)([c]1ccccc1)[c]1ccccc1. The monoisotopic (exact) mass is 631 g/mol. The van der Waals surface area contributed by atoms with E-state index in [0.29, 0.717) is 12.8 Å². The van der Waals surface area contributed by atoms with Crippen molar-refractivity contribution in [3.63, 3.8) is 0 Å². The van der Waals surface area contributed by atoms with Crippen LogP contribution in [-0.2, 0) is 18.7 Å². The molecule has 0 spiro atoms. The van der Waals surface area contributed by atoms with Crippen LogP contribution >= 0.6 is 0 Å². The Labute approximate surface area is 199 Å². The van der Waals surface area contributed by atoms with Crippen LogP contribution in [0.2, 0.25) is 0 Å². The zero-order valence-electron chi connectivity index (χ0n) is 18.1. The summed E-state index contributed by atoms with van der Waals surface area (Å²) in [7, 11) is 0. The maximum atomic E-state index is 13.7. The Kier molecular flexibility index (Phi) is 7.67. The minimum absolute atomic E-state index is 0.362. The van der Waals surface area contributed by atoms with E-state index in [-0.39, 0.29) is 0 Å². The van der Waals surface area contributed by atoms with Crippen LogP contribution in [-0.4, -0.2) is 40.0 Å². The number of nitrogens with one attached hydrogen (secondary N) is 1. The Hall–Kier alpha value is -3.26. The Morgan fingerprint density at radius 1 is 0.697 bits per heavy atom. The normalized spacial score (nSPS) is 11.9. The number of amides is 1. The molecule has 4 rings (SSSR count). The van der Waals surface area contributed by atoms with Crippen molar-refractivity contribution in [3.05, 3.63) is 127 Å². The van der Waals surface area contributed by atoms with E-state index in [4.69, 9.17) is 2.69 Å². The van der Waals surface area contributed by atoms with E-state index in [0.717, 1.165) is 14.9 Å². The summed E-state index contributed by atoms with van der Waals surface area (Å²) in [6.45, 7) is 0. The molecule has 1 unspecified atom stereocenters. The summed E-state index contributed by atoms with van der Waals surface area (Å²) in [6.07, 6.45) is 0.932. The molecule has 0 aliphatic carbocycles. The summed E-state index contributed by atoms with van der Waals surface area (Å²) in [6, 6.07) is 38.9. The third kappa shape index (κ3) is 5.22. The second-order valence-electron chi connectivity index (χ2n) is 7.73. The van der Waals surface area contributed by atoms with E-state index >= 15 is 0 Å². The van der Waals surface area contributed by atoms with Crippen molar-refractivity contribution in [3.8, 4) is 0 Å². The average Bonchev–Trinajstić information content (AvgIpc) is 2.89. The van der Waals surface area contributed by atoms with E-state index in [1.54, 1.807) is 0 Å². The van der Waals surface area contributed by atoms with Gasteiger partial charge in [-0.25, -0.2) is 0 Å². The van der Waals surface area contributed by atoms with Crippen LogP contribution in [0.15, 0.2) is 121 Å². The Balaban J connectivity index is 1.82. The molecule has 33 heavy (non-hydrogen) atoms. The van der Waals surface area contributed by atoms with Gasteiger partial charge in [0.15, 0.2) is 0 Å². The first-order chi connectivity index (χ1) is 16.2. The molecule has 0 aromatic heterocycles. The third-order valence-corrected chi connectivity index (χ3v) is 21.0. The van der Waals surface area contributed by atoms with E-state index in [9.17, 15) is 9.59 Å². The van der Waals surface area contributed by atoms with Crippen LogP contribution < -0.4 is 14.7 Å². The second-order valence-corrected chi connectivity index (χ2v) is 20.6. The first-order valence-electron chi connectivity index (χ1n) is 10.9. The van der Waals surface area contributed by atoms with Crippen LogP contribution in [0.4, 0.5) is 0 Å². The molecule has 4 nitrogen and oxygen atoms in total. The summed E-state index contributed by atoms with van der Waals surface area (Å²) in [5.74, 6) is -0.413. The molecule has 0 bridgehead atoms. The predicted molar refractivity (Wildman–Crippen MR) is 133 cm³/mol. The fourth-order valence-corrected chi connectivity index (χ4v) is 18.8. The maximum absolute atomic E-state index is 13.7. The minimum atomic E-state index is -4.41. The standard InChI is InChI=1S/C10H11NO3.3C6H5.Pb/c12-7-11-9(10(13)14)6-8-4-2-1-3-5-8;3*1-2-4-6-5-3-1;/h1-5,7,9H,6H2,(H,11,12)(H,13,14);3*1-5H;/q;;;;+1/p-1. The summed E-state index contributed by atoms with van der Waals surface area (Å²) >= 11 is -4.41. The van der Waals surface area contributed by atoms with Crippen molar-refractivity contribution in [1.82, 2.24) is 5.32 Å². The number of carbonyl (C=O) groups is 2. The number of benzene rings is 4. The van der Waals surface area contributed by atoms with Crippen molar-refractivity contribution >= 4 is 43.4 Å². The molecule has 1 N–H and O–H groups in total. The molecule has 1 atom stereocenters. The summed E-state index contributed by atoms with van der Waals surface area (Å²) in [4.78, 5) is 25.1. The molecule has 0 aliphatic heterocycles. The van der Waals surface area contributed by atoms with Gasteiger partial charge in [0.1, 0.15) is 0 Å². The quantitative estimate of drug-likeness (QED) is 0.229. The van der Waals surface area contributed by atoms with Crippen molar-refractivity contribution in [2.75, 3.05) is 0 Å². The van der Waals surface area contributed by atoms with E-state index in [2.05, 4.69) is 5.32 Å². The Bertz CT molecular complexity index is 1070. The molecule has 0 radical (unpaired) electrons. The molecule has 4 aromatic carbocycles. The van der Waals surface area contributed by atoms with Gasteiger partial charge in [0.05, 0.1) is 0 Å². The number of carbonyl (C=O) groups excluding carboxylic acids is 2. The van der Waals surface area contributed by atoms with Crippen molar-refractivity contribution in [1.29, 1.82) is 0 Å². The van der Waals surface area contributed by atoms with Crippen molar-refractivity contribution in [2.24, 2.45) is 0 Å². The van der Waals surface area contributed by atoms with Gasteiger partial charge in [-0.05, 0) is 0 Å². The molecule has 5 heteroatoms. The Morgan fingerprint density at radius 3 is 1.48 bits per heavy atom. The van der Waals surface area contributed by atoms with Gasteiger partial charge in [0.25, 0.3) is 0 Å². The molecular formula is C28H25NO3Pb. The molecule has 1 amide bonds. The zero-order chi connectivity index (χ0) is 22.9. The van der Waals surface area contributed by atoms with Gasteiger partial charge in [-0.2, -0.15) is 0 Å². The van der Waals surface area contributed by atoms with Crippen LogP contribution in [0.3, 0.4) is 0 Å². The summed E-state index contributed by atoms with van der Waals surface area (Å²) < 4.78 is 9.77. The molecule has 0 fully saturated rings. The van der Waals surface area contributed by atoms with Gasteiger partial charge < -0.3 is 0 Å². The number of rotatable bonds is 9. The van der Waals surface area contributed by atoms with Gasteiger partial charge in [0.2, 0.25) is 0 Å². The first-order valence-corrected chi connectivity index (χ1v) is 18.3. The molecule has 0 heterocycles. The summed E-state index contributed by atoms with van der Waals surface area (Å²) in [5.41, 5.74) is 0.954. The van der Waals surface area contributed by atoms with E-state index < -0.39 is 33.6 Å². The second kappa shape index (κ2) is 11.1.